The van der Waals surface area contributed by atoms with Crippen LogP contribution in [-0.4, -0.2) is 44.8 Å². The number of rotatable bonds is 7. The van der Waals surface area contributed by atoms with Crippen LogP contribution in [0.4, 0.5) is 0 Å². The molecule has 1 fully saturated rings. The Bertz CT molecular complexity index is 618. The predicted molar refractivity (Wildman–Crippen MR) is 89.4 cm³/mol. The van der Waals surface area contributed by atoms with Crippen LogP contribution in [0.1, 0.15) is 25.8 Å². The molecular weight excluding hydrogens is 314 g/mol. The third-order valence-corrected chi connectivity index (χ3v) is 6.23. The fourth-order valence-corrected chi connectivity index (χ4v) is 4.16. The number of nitrogens with one attached hydrogen (secondary N) is 2. The maximum Gasteiger partial charge on any atom is 0.243 e. The van der Waals surface area contributed by atoms with Crippen molar-refractivity contribution in [3.8, 4) is 0 Å². The van der Waals surface area contributed by atoms with E-state index in [-0.39, 0.29) is 16.7 Å². The Kier molecular flexibility index (Phi) is 6.15. The summed E-state index contributed by atoms with van der Waals surface area (Å²) in [5.74, 6) is 0.0900. The number of amides is 1. The molecule has 128 valence electrons. The highest BCUT2D eigenvalue weighted by atomic mass is 32.2. The highest BCUT2D eigenvalue weighted by Crippen LogP contribution is 2.16. The molecule has 0 bridgehead atoms. The van der Waals surface area contributed by atoms with Gasteiger partial charge in [0.15, 0.2) is 0 Å². The van der Waals surface area contributed by atoms with Crippen LogP contribution < -0.4 is 10.6 Å². The molecule has 1 heterocycles. The summed E-state index contributed by atoms with van der Waals surface area (Å²) in [6.07, 6.45) is 0.868. The van der Waals surface area contributed by atoms with Crippen molar-refractivity contribution in [1.29, 1.82) is 0 Å². The maximum absolute atomic E-state index is 12.4. The second-order valence-corrected chi connectivity index (χ2v) is 7.58. The Hall–Kier alpha value is -1.44. The van der Waals surface area contributed by atoms with Crippen molar-refractivity contribution in [2.24, 2.45) is 5.92 Å². The summed E-state index contributed by atoms with van der Waals surface area (Å²) in [6, 6.07) is 6.71. The molecular formula is C16H25N3O3S. The van der Waals surface area contributed by atoms with Crippen LogP contribution in [0, 0.1) is 5.92 Å². The predicted octanol–water partition coefficient (Wildman–Crippen LogP) is 0.943. The fraction of sp³-hybridized carbons (Fsp3) is 0.562. The second kappa shape index (κ2) is 7.90. The maximum atomic E-state index is 12.4. The van der Waals surface area contributed by atoms with Gasteiger partial charge in [-0.15, -0.1) is 0 Å². The van der Waals surface area contributed by atoms with Crippen molar-refractivity contribution in [1.82, 2.24) is 14.9 Å². The van der Waals surface area contributed by atoms with Crippen molar-refractivity contribution >= 4 is 15.9 Å². The van der Waals surface area contributed by atoms with E-state index in [1.165, 1.54) is 4.31 Å². The lowest BCUT2D eigenvalue weighted by molar-refractivity contribution is -0.124. The Labute approximate surface area is 138 Å². The number of nitrogens with zero attached hydrogens (tertiary/aromatic N) is 1. The zero-order valence-electron chi connectivity index (χ0n) is 13.7. The molecule has 0 aliphatic carbocycles. The molecule has 1 aliphatic heterocycles. The van der Waals surface area contributed by atoms with Gasteiger partial charge in [-0.1, -0.05) is 26.0 Å². The van der Waals surface area contributed by atoms with E-state index in [4.69, 9.17) is 0 Å². The molecule has 1 aromatic carbocycles. The average molecular weight is 339 g/mol. The molecule has 1 aromatic rings. The van der Waals surface area contributed by atoms with Gasteiger partial charge in [-0.2, -0.15) is 4.31 Å². The van der Waals surface area contributed by atoms with Crippen LogP contribution in [0.5, 0.6) is 0 Å². The van der Waals surface area contributed by atoms with Gasteiger partial charge in [0.05, 0.1) is 10.8 Å². The summed E-state index contributed by atoms with van der Waals surface area (Å²) in [5.41, 5.74) is 0.891. The molecule has 0 radical (unpaired) electrons. The second-order valence-electron chi connectivity index (χ2n) is 5.64. The molecule has 0 saturated carbocycles. The van der Waals surface area contributed by atoms with Crippen molar-refractivity contribution in [3.05, 3.63) is 29.8 Å². The van der Waals surface area contributed by atoms with Gasteiger partial charge in [0, 0.05) is 26.2 Å². The van der Waals surface area contributed by atoms with E-state index >= 15 is 0 Å². The first-order valence-corrected chi connectivity index (χ1v) is 9.50. The number of sulfonamides is 1. The van der Waals surface area contributed by atoms with Gasteiger partial charge in [-0.05, 0) is 30.7 Å². The van der Waals surface area contributed by atoms with Crippen molar-refractivity contribution < 1.29 is 13.2 Å². The highest BCUT2D eigenvalue weighted by molar-refractivity contribution is 7.89. The van der Waals surface area contributed by atoms with Gasteiger partial charge < -0.3 is 10.6 Å². The summed E-state index contributed by atoms with van der Waals surface area (Å²) in [6.45, 7) is 6.58. The minimum absolute atomic E-state index is 0.0392. The molecule has 2 rings (SSSR count). The Balaban J connectivity index is 1.98. The van der Waals surface area contributed by atoms with Gasteiger partial charge >= 0.3 is 0 Å². The zero-order valence-corrected chi connectivity index (χ0v) is 14.5. The largest absolute Gasteiger partial charge is 0.352 e. The summed E-state index contributed by atoms with van der Waals surface area (Å²) in [7, 11) is -3.42. The van der Waals surface area contributed by atoms with Crippen molar-refractivity contribution in [3.63, 3.8) is 0 Å². The van der Waals surface area contributed by atoms with E-state index in [1.807, 2.05) is 13.8 Å². The van der Waals surface area contributed by atoms with Crippen molar-refractivity contribution in [2.45, 2.75) is 31.7 Å². The smallest absolute Gasteiger partial charge is 0.243 e. The molecule has 2 N–H and O–H groups in total. The van der Waals surface area contributed by atoms with Gasteiger partial charge in [0.25, 0.3) is 0 Å². The van der Waals surface area contributed by atoms with E-state index in [1.54, 1.807) is 24.3 Å². The average Bonchev–Trinajstić information content (AvgIpc) is 3.08. The fourth-order valence-electron chi connectivity index (χ4n) is 2.70. The SMILES string of the molecule is CCN(CC)S(=O)(=O)c1ccc(CNC(=O)C2CCNC2)cc1. The van der Waals surface area contributed by atoms with E-state index in [0.717, 1.165) is 25.1 Å². The third-order valence-electron chi connectivity index (χ3n) is 4.16. The third kappa shape index (κ3) is 4.31. The van der Waals surface area contributed by atoms with E-state index in [2.05, 4.69) is 10.6 Å². The first-order valence-electron chi connectivity index (χ1n) is 8.06. The lowest BCUT2D eigenvalue weighted by Crippen LogP contribution is -2.31. The van der Waals surface area contributed by atoms with Crippen LogP contribution in [0.3, 0.4) is 0 Å². The topological polar surface area (TPSA) is 78.5 Å². The summed E-state index contributed by atoms with van der Waals surface area (Å²) >= 11 is 0. The molecule has 0 spiro atoms. The number of hydrogen-bond donors (Lipinski definition) is 2. The highest BCUT2D eigenvalue weighted by Gasteiger charge is 2.23. The molecule has 1 amide bonds. The Morgan fingerprint density at radius 3 is 2.43 bits per heavy atom. The van der Waals surface area contributed by atoms with E-state index < -0.39 is 10.0 Å². The van der Waals surface area contributed by atoms with Gasteiger partial charge in [-0.3, -0.25) is 4.79 Å². The number of hydrogen-bond acceptors (Lipinski definition) is 4. The monoisotopic (exact) mass is 339 g/mol. The molecule has 1 aliphatic rings. The van der Waals surface area contributed by atoms with Crippen LogP contribution in [-0.2, 0) is 21.4 Å². The number of carbonyl (C=O) groups is 1. The Morgan fingerprint density at radius 2 is 1.91 bits per heavy atom. The van der Waals surface area contributed by atoms with Crippen LogP contribution >= 0.6 is 0 Å². The lowest BCUT2D eigenvalue weighted by atomic mass is 10.1. The molecule has 0 aromatic heterocycles. The van der Waals surface area contributed by atoms with Crippen LogP contribution in [0.25, 0.3) is 0 Å². The molecule has 7 heteroatoms. The molecule has 23 heavy (non-hydrogen) atoms. The summed E-state index contributed by atoms with van der Waals surface area (Å²) in [5, 5.41) is 6.07. The zero-order chi connectivity index (χ0) is 16.9. The van der Waals surface area contributed by atoms with Gasteiger partial charge in [-0.25, -0.2) is 8.42 Å². The van der Waals surface area contributed by atoms with Crippen molar-refractivity contribution in [2.75, 3.05) is 26.2 Å². The van der Waals surface area contributed by atoms with Crippen LogP contribution in [0.2, 0.25) is 0 Å². The normalized spacial score (nSPS) is 18.3. The molecule has 6 nitrogen and oxygen atoms in total. The summed E-state index contributed by atoms with van der Waals surface area (Å²) < 4.78 is 26.2. The number of benzene rings is 1. The minimum Gasteiger partial charge on any atom is -0.352 e. The molecule has 1 saturated heterocycles. The Morgan fingerprint density at radius 1 is 1.26 bits per heavy atom. The molecule has 1 unspecified atom stereocenters. The van der Waals surface area contributed by atoms with Gasteiger partial charge in [0.2, 0.25) is 15.9 Å². The van der Waals surface area contributed by atoms with Gasteiger partial charge in [0.1, 0.15) is 0 Å². The minimum atomic E-state index is -3.42. The van der Waals surface area contributed by atoms with E-state index in [0.29, 0.717) is 19.6 Å². The van der Waals surface area contributed by atoms with E-state index in [9.17, 15) is 13.2 Å². The summed E-state index contributed by atoms with van der Waals surface area (Å²) in [4.78, 5) is 12.2. The standard InChI is InChI=1S/C16H25N3O3S/c1-3-19(4-2)23(21,22)15-7-5-13(6-8-15)11-18-16(20)14-9-10-17-12-14/h5-8,14,17H,3-4,9-12H2,1-2H3,(H,18,20). The lowest BCUT2D eigenvalue weighted by Gasteiger charge is -2.18. The quantitative estimate of drug-likeness (QED) is 0.775. The first kappa shape index (κ1) is 17.9. The first-order chi connectivity index (χ1) is 11.0. The number of carbonyl (C=O) groups excluding carboxylic acids is 1. The molecule has 1 atom stereocenters. The van der Waals surface area contributed by atoms with Crippen LogP contribution in [0.15, 0.2) is 29.2 Å².